The molecule has 0 radical (unpaired) electrons. The molecule has 0 saturated heterocycles. The van der Waals surface area contributed by atoms with Crippen molar-refractivity contribution in [3.63, 3.8) is 0 Å². The zero-order chi connectivity index (χ0) is 16.5. The molecule has 23 heavy (non-hydrogen) atoms. The predicted octanol–water partition coefficient (Wildman–Crippen LogP) is 3.00. The first-order valence-electron chi connectivity index (χ1n) is 7.98. The third kappa shape index (κ3) is 5.42. The molecule has 2 aromatic carbocycles. The Kier molecular flexibility index (Phi) is 6.63. The fourth-order valence-electron chi connectivity index (χ4n) is 2.49. The van der Waals surface area contributed by atoms with Crippen LogP contribution in [0.5, 0.6) is 0 Å². The van der Waals surface area contributed by atoms with Crippen molar-refractivity contribution in [1.29, 1.82) is 0 Å². The number of hydrogen-bond acceptors (Lipinski definition) is 2. The summed E-state index contributed by atoms with van der Waals surface area (Å²) in [7, 11) is 0. The Morgan fingerprint density at radius 2 is 1.70 bits per heavy atom. The van der Waals surface area contributed by atoms with E-state index >= 15 is 0 Å². The van der Waals surface area contributed by atoms with Crippen LogP contribution in [0.15, 0.2) is 54.6 Å². The number of rotatable bonds is 7. The number of nitrogens with one attached hydrogen (secondary N) is 2. The summed E-state index contributed by atoms with van der Waals surface area (Å²) in [6.07, 6.45) is 1.69. The zero-order valence-corrected chi connectivity index (χ0v) is 13.5. The third-order valence-corrected chi connectivity index (χ3v) is 3.88. The van der Waals surface area contributed by atoms with E-state index in [1.165, 1.54) is 5.56 Å². The fraction of sp³-hybridized carbons (Fsp3) is 0.316. The standard InChI is InChI=1S/C19H24N2O2/c1-2-18(12-15-8-4-3-5-9-15)21-19(23)20-13-16-10-6-7-11-17(16)14-22/h3-11,18,22H,2,12-14H2,1H3,(H2,20,21,23). The van der Waals surface area contributed by atoms with E-state index in [0.29, 0.717) is 6.54 Å². The van der Waals surface area contributed by atoms with Crippen molar-refractivity contribution in [2.75, 3.05) is 0 Å². The summed E-state index contributed by atoms with van der Waals surface area (Å²) in [4.78, 5) is 12.1. The summed E-state index contributed by atoms with van der Waals surface area (Å²) >= 11 is 0. The predicted molar refractivity (Wildman–Crippen MR) is 92.0 cm³/mol. The van der Waals surface area contributed by atoms with Crippen LogP contribution in [0, 0.1) is 0 Å². The molecule has 2 amide bonds. The van der Waals surface area contributed by atoms with Crippen molar-refractivity contribution in [2.24, 2.45) is 0 Å². The Morgan fingerprint density at radius 3 is 2.35 bits per heavy atom. The topological polar surface area (TPSA) is 61.4 Å². The summed E-state index contributed by atoms with van der Waals surface area (Å²) in [6.45, 7) is 2.45. The Labute approximate surface area is 137 Å². The van der Waals surface area contributed by atoms with Crippen LogP contribution in [0.1, 0.15) is 30.0 Å². The van der Waals surface area contributed by atoms with Crippen molar-refractivity contribution >= 4 is 6.03 Å². The maximum atomic E-state index is 12.1. The van der Waals surface area contributed by atoms with Crippen LogP contribution in [0.3, 0.4) is 0 Å². The van der Waals surface area contributed by atoms with E-state index in [1.54, 1.807) is 0 Å². The average Bonchev–Trinajstić information content (AvgIpc) is 2.60. The van der Waals surface area contributed by atoms with Crippen LogP contribution < -0.4 is 10.6 Å². The lowest BCUT2D eigenvalue weighted by molar-refractivity contribution is 0.235. The average molecular weight is 312 g/mol. The molecule has 0 aromatic heterocycles. The van der Waals surface area contributed by atoms with E-state index in [-0.39, 0.29) is 18.7 Å². The second kappa shape index (κ2) is 8.96. The lowest BCUT2D eigenvalue weighted by Gasteiger charge is -2.18. The monoisotopic (exact) mass is 312 g/mol. The summed E-state index contributed by atoms with van der Waals surface area (Å²) in [5.74, 6) is 0. The molecule has 2 aromatic rings. The van der Waals surface area contributed by atoms with E-state index in [4.69, 9.17) is 0 Å². The van der Waals surface area contributed by atoms with E-state index in [1.807, 2.05) is 42.5 Å². The van der Waals surface area contributed by atoms with E-state index in [9.17, 15) is 9.90 Å². The van der Waals surface area contributed by atoms with Gasteiger partial charge in [0.05, 0.1) is 6.61 Å². The lowest BCUT2D eigenvalue weighted by atomic mass is 10.0. The van der Waals surface area contributed by atoms with Crippen LogP contribution in [-0.4, -0.2) is 17.2 Å². The zero-order valence-electron chi connectivity index (χ0n) is 13.5. The molecule has 0 aliphatic heterocycles. The highest BCUT2D eigenvalue weighted by Crippen LogP contribution is 2.08. The molecule has 0 heterocycles. The first-order chi connectivity index (χ1) is 11.2. The highest BCUT2D eigenvalue weighted by atomic mass is 16.3. The molecule has 0 aliphatic rings. The molecular weight excluding hydrogens is 288 g/mol. The molecule has 1 unspecified atom stereocenters. The summed E-state index contributed by atoms with van der Waals surface area (Å²) in [6, 6.07) is 17.6. The molecule has 122 valence electrons. The number of aliphatic hydroxyl groups is 1. The van der Waals surface area contributed by atoms with Gasteiger partial charge in [-0.1, -0.05) is 61.5 Å². The van der Waals surface area contributed by atoms with Crippen molar-refractivity contribution < 1.29 is 9.90 Å². The fourth-order valence-corrected chi connectivity index (χ4v) is 2.49. The van der Waals surface area contributed by atoms with Crippen molar-refractivity contribution in [2.45, 2.75) is 39.0 Å². The van der Waals surface area contributed by atoms with E-state index in [0.717, 1.165) is 24.0 Å². The van der Waals surface area contributed by atoms with E-state index < -0.39 is 0 Å². The largest absolute Gasteiger partial charge is 0.392 e. The number of hydrogen-bond donors (Lipinski definition) is 3. The Hall–Kier alpha value is -2.33. The minimum atomic E-state index is -0.180. The highest BCUT2D eigenvalue weighted by molar-refractivity contribution is 5.74. The van der Waals surface area contributed by atoms with Crippen LogP contribution in [0.4, 0.5) is 4.79 Å². The normalized spacial score (nSPS) is 11.7. The summed E-state index contributed by atoms with van der Waals surface area (Å²) in [5, 5.41) is 15.2. The number of urea groups is 1. The SMILES string of the molecule is CCC(Cc1ccccc1)NC(=O)NCc1ccccc1CO. The van der Waals surface area contributed by atoms with Gasteiger partial charge in [-0.3, -0.25) is 0 Å². The lowest BCUT2D eigenvalue weighted by Crippen LogP contribution is -2.42. The van der Waals surface area contributed by atoms with E-state index in [2.05, 4.69) is 29.7 Å². The number of aliphatic hydroxyl groups excluding tert-OH is 1. The van der Waals surface area contributed by atoms with Gasteiger partial charge in [-0.25, -0.2) is 4.79 Å². The van der Waals surface area contributed by atoms with Gasteiger partial charge in [-0.2, -0.15) is 0 Å². The van der Waals surface area contributed by atoms with Gasteiger partial charge >= 0.3 is 6.03 Å². The van der Waals surface area contributed by atoms with Gasteiger partial charge in [0, 0.05) is 12.6 Å². The molecule has 0 bridgehead atoms. The number of carbonyl (C=O) groups is 1. The van der Waals surface area contributed by atoms with Gasteiger partial charge < -0.3 is 15.7 Å². The van der Waals surface area contributed by atoms with Crippen LogP contribution in [0.2, 0.25) is 0 Å². The molecule has 0 saturated carbocycles. The molecule has 0 aliphatic carbocycles. The Morgan fingerprint density at radius 1 is 1.04 bits per heavy atom. The smallest absolute Gasteiger partial charge is 0.315 e. The van der Waals surface area contributed by atoms with Gasteiger partial charge in [0.1, 0.15) is 0 Å². The quantitative estimate of drug-likeness (QED) is 0.736. The first kappa shape index (κ1) is 17.0. The van der Waals surface area contributed by atoms with Crippen molar-refractivity contribution in [3.05, 3.63) is 71.3 Å². The van der Waals surface area contributed by atoms with Crippen molar-refractivity contribution in [3.8, 4) is 0 Å². The van der Waals surface area contributed by atoms with Gasteiger partial charge in [-0.15, -0.1) is 0 Å². The van der Waals surface area contributed by atoms with Crippen molar-refractivity contribution in [1.82, 2.24) is 10.6 Å². The minimum Gasteiger partial charge on any atom is -0.392 e. The van der Waals surface area contributed by atoms with Crippen LogP contribution in [0.25, 0.3) is 0 Å². The number of carbonyl (C=O) groups excluding carboxylic acids is 1. The Balaban J connectivity index is 1.85. The molecule has 0 fully saturated rings. The molecular formula is C19H24N2O2. The van der Waals surface area contributed by atoms with Gasteiger partial charge in [-0.05, 0) is 29.5 Å². The maximum absolute atomic E-state index is 12.1. The third-order valence-electron chi connectivity index (χ3n) is 3.88. The summed E-state index contributed by atoms with van der Waals surface area (Å²) < 4.78 is 0. The molecule has 2 rings (SSSR count). The second-order valence-electron chi connectivity index (χ2n) is 5.55. The molecule has 1 atom stereocenters. The minimum absolute atomic E-state index is 0.0228. The molecule has 3 N–H and O–H groups in total. The maximum Gasteiger partial charge on any atom is 0.315 e. The van der Waals surface area contributed by atoms with Gasteiger partial charge in [0.15, 0.2) is 0 Å². The summed E-state index contributed by atoms with van der Waals surface area (Å²) in [5.41, 5.74) is 2.98. The first-order valence-corrected chi connectivity index (χ1v) is 7.98. The van der Waals surface area contributed by atoms with Gasteiger partial charge in [0.2, 0.25) is 0 Å². The number of benzene rings is 2. The molecule has 0 spiro atoms. The molecule has 4 nitrogen and oxygen atoms in total. The number of amides is 2. The Bertz CT molecular complexity index is 614. The van der Waals surface area contributed by atoms with Gasteiger partial charge in [0.25, 0.3) is 0 Å². The molecule has 4 heteroatoms. The van der Waals surface area contributed by atoms with Crippen LogP contribution >= 0.6 is 0 Å². The highest BCUT2D eigenvalue weighted by Gasteiger charge is 2.11. The van der Waals surface area contributed by atoms with Crippen LogP contribution in [-0.2, 0) is 19.6 Å². The second-order valence-corrected chi connectivity index (χ2v) is 5.55.